The van der Waals surface area contributed by atoms with Gasteiger partial charge in [-0.05, 0) is 86.6 Å². The molecule has 3 aromatic heterocycles. The maximum atomic E-state index is 2.73. The van der Waals surface area contributed by atoms with Gasteiger partial charge >= 0.3 is 6.85 Å². The van der Waals surface area contributed by atoms with Gasteiger partial charge in [-0.25, -0.2) is 0 Å². The van der Waals surface area contributed by atoms with Crippen molar-refractivity contribution < 1.29 is 0 Å². The molecule has 12 aromatic rings. The van der Waals surface area contributed by atoms with Gasteiger partial charge in [0.05, 0.1) is 11.0 Å². The molecule has 2 nitrogen and oxygen atoms in total. The summed E-state index contributed by atoms with van der Waals surface area (Å²) in [5.74, 6) is 0. The number of benzene rings is 9. The lowest BCUT2D eigenvalue weighted by Crippen LogP contribution is -2.60. The van der Waals surface area contributed by atoms with E-state index < -0.39 is 0 Å². The summed E-state index contributed by atoms with van der Waals surface area (Å²) >= 11 is 3.81. The number of nitrogens with zero attached hydrogens (tertiary/aromatic N) is 2. The number of aromatic nitrogens is 1. The Balaban J connectivity index is 1.25. The van der Waals surface area contributed by atoms with Gasteiger partial charge < -0.3 is 9.38 Å². The molecule has 0 aliphatic carbocycles. The van der Waals surface area contributed by atoms with Crippen LogP contribution in [-0.4, -0.2) is 11.4 Å². The number of para-hydroxylation sites is 1. The highest BCUT2D eigenvalue weighted by Crippen LogP contribution is 2.53. The maximum absolute atomic E-state index is 2.73. The summed E-state index contributed by atoms with van der Waals surface area (Å²) in [5, 5.41) is 13.1. The van der Waals surface area contributed by atoms with E-state index in [1.54, 1.807) is 0 Å². The van der Waals surface area contributed by atoms with E-state index in [2.05, 4.69) is 173 Å². The second kappa shape index (κ2) is 10.2. The normalized spacial score (nSPS) is 13.4. The zero-order chi connectivity index (χ0) is 35.5. The Hall–Kier alpha value is -6.40. The number of anilines is 2. The van der Waals surface area contributed by atoms with Crippen LogP contribution in [0, 0.1) is 0 Å². The van der Waals surface area contributed by atoms with Crippen molar-refractivity contribution in [3.63, 3.8) is 0 Å². The topological polar surface area (TPSA) is 8.17 Å². The summed E-state index contributed by atoms with van der Waals surface area (Å²) in [7, 11) is 0. The first-order valence-electron chi connectivity index (χ1n) is 19.0. The van der Waals surface area contributed by atoms with Crippen molar-refractivity contribution in [3.8, 4) is 16.8 Å². The van der Waals surface area contributed by atoms with E-state index in [4.69, 9.17) is 0 Å². The Morgan fingerprint density at radius 1 is 0.400 bits per heavy atom. The molecular weight excluding hydrogens is 704 g/mol. The maximum Gasteiger partial charge on any atom is 0.333 e. The summed E-state index contributed by atoms with van der Waals surface area (Å²) in [4.78, 5) is 2.73. The predicted octanol–water partition coefficient (Wildman–Crippen LogP) is 13.1. The zero-order valence-corrected chi connectivity index (χ0v) is 31.0. The van der Waals surface area contributed by atoms with Crippen molar-refractivity contribution in [2.24, 2.45) is 0 Å². The Bertz CT molecular complexity index is 3700. The standard InChI is InChI=1S/C50H27BN2S2/c1-3-13-30-28(11-1)23-24-36-44(30)34-17-9-18-35-50(34)52(36)39-27-29-12-2-4-14-31(29)47-48-38(25-26-43-46(48)33-16-6-8-21-41(33)55-43)53(51(35)49(39)47)37-19-10-22-42-45(37)32-15-5-7-20-40(32)54-42/h1-27H. The van der Waals surface area contributed by atoms with Crippen LogP contribution in [0.1, 0.15) is 0 Å². The summed E-state index contributed by atoms with van der Waals surface area (Å²) < 4.78 is 7.92. The van der Waals surface area contributed by atoms with E-state index in [0.29, 0.717) is 0 Å². The molecule has 5 heteroatoms. The number of rotatable bonds is 1. The molecule has 55 heavy (non-hydrogen) atoms. The molecule has 0 saturated heterocycles. The highest BCUT2D eigenvalue weighted by atomic mass is 32.1. The van der Waals surface area contributed by atoms with E-state index in [9.17, 15) is 0 Å². The molecule has 0 amide bonds. The van der Waals surface area contributed by atoms with Gasteiger partial charge in [-0.3, -0.25) is 0 Å². The third kappa shape index (κ3) is 3.52. The first-order chi connectivity index (χ1) is 27.3. The average molecular weight is 731 g/mol. The first-order valence-corrected chi connectivity index (χ1v) is 20.6. The Labute approximate surface area is 323 Å². The van der Waals surface area contributed by atoms with Crippen LogP contribution in [0.4, 0.5) is 11.4 Å². The second-order valence-electron chi connectivity index (χ2n) is 15.1. The molecule has 0 unspecified atom stereocenters. The minimum absolute atomic E-state index is 0.0551. The Kier molecular flexibility index (Phi) is 5.39. The van der Waals surface area contributed by atoms with Gasteiger partial charge in [0.2, 0.25) is 0 Å². The van der Waals surface area contributed by atoms with Crippen LogP contribution in [0.2, 0.25) is 0 Å². The largest absolute Gasteiger partial charge is 0.376 e. The summed E-state index contributed by atoms with van der Waals surface area (Å²) in [6.07, 6.45) is 0. The van der Waals surface area contributed by atoms with Crippen molar-refractivity contribution in [2.75, 3.05) is 4.81 Å². The molecule has 5 heterocycles. The van der Waals surface area contributed by atoms with E-state index in [-0.39, 0.29) is 6.85 Å². The highest BCUT2D eigenvalue weighted by molar-refractivity contribution is 7.26. The molecule has 0 N–H and O–H groups in total. The summed E-state index contributed by atoms with van der Waals surface area (Å²) in [6, 6.07) is 62.0. The lowest BCUT2D eigenvalue weighted by molar-refractivity contribution is 1.19. The smallest absolute Gasteiger partial charge is 0.333 e. The van der Waals surface area contributed by atoms with Crippen molar-refractivity contribution in [2.45, 2.75) is 0 Å². The number of thiophene rings is 2. The van der Waals surface area contributed by atoms with E-state index in [0.717, 1.165) is 0 Å². The van der Waals surface area contributed by atoms with Crippen molar-refractivity contribution in [1.82, 2.24) is 4.57 Å². The summed E-state index contributed by atoms with van der Waals surface area (Å²) in [6.45, 7) is -0.0551. The lowest BCUT2D eigenvalue weighted by atomic mass is 9.43. The van der Waals surface area contributed by atoms with Crippen LogP contribution in [0.5, 0.6) is 0 Å². The fourth-order valence-electron chi connectivity index (χ4n) is 10.5. The fraction of sp³-hybridized carbons (Fsp3) is 0. The quantitative estimate of drug-likeness (QED) is 0.153. The van der Waals surface area contributed by atoms with Crippen LogP contribution >= 0.6 is 22.7 Å². The van der Waals surface area contributed by atoms with Crippen LogP contribution in [0.3, 0.4) is 0 Å². The minimum atomic E-state index is -0.0551. The lowest BCUT2D eigenvalue weighted by Gasteiger charge is -2.43. The van der Waals surface area contributed by atoms with Gasteiger partial charge in [0.15, 0.2) is 0 Å². The number of hydrogen-bond donors (Lipinski definition) is 0. The van der Waals surface area contributed by atoms with Gasteiger partial charge in [-0.2, -0.15) is 0 Å². The molecular formula is C50H27BN2S2. The van der Waals surface area contributed by atoms with Gasteiger partial charge in [-0.15, -0.1) is 22.7 Å². The Morgan fingerprint density at radius 3 is 1.89 bits per heavy atom. The van der Waals surface area contributed by atoms with Crippen LogP contribution in [-0.2, 0) is 0 Å². The third-order valence-corrected chi connectivity index (χ3v) is 14.8. The minimum Gasteiger partial charge on any atom is -0.376 e. The molecule has 0 radical (unpaired) electrons. The molecule has 0 saturated carbocycles. The molecule has 2 aliphatic heterocycles. The molecule has 14 rings (SSSR count). The van der Waals surface area contributed by atoms with Gasteiger partial charge in [0.1, 0.15) is 0 Å². The average Bonchev–Trinajstić information content (AvgIpc) is 3.92. The van der Waals surface area contributed by atoms with E-state index in [1.807, 2.05) is 22.7 Å². The Morgan fingerprint density at radius 2 is 1.05 bits per heavy atom. The summed E-state index contributed by atoms with van der Waals surface area (Å²) in [5.41, 5.74) is 11.8. The van der Waals surface area contributed by atoms with Crippen molar-refractivity contribution in [3.05, 3.63) is 164 Å². The first kappa shape index (κ1) is 29.0. The molecule has 0 fully saturated rings. The second-order valence-corrected chi connectivity index (χ2v) is 17.3. The number of fused-ring (bicyclic) bond motifs is 18. The highest BCUT2D eigenvalue weighted by Gasteiger charge is 2.45. The van der Waals surface area contributed by atoms with Crippen LogP contribution < -0.4 is 15.7 Å². The molecule has 2 aliphatic rings. The van der Waals surface area contributed by atoms with E-state index in [1.165, 1.54) is 123 Å². The molecule has 0 bridgehead atoms. The van der Waals surface area contributed by atoms with Crippen molar-refractivity contribution >= 4 is 136 Å². The van der Waals surface area contributed by atoms with Gasteiger partial charge in [0, 0.05) is 73.7 Å². The van der Waals surface area contributed by atoms with Crippen LogP contribution in [0.25, 0.3) is 101 Å². The molecule has 252 valence electrons. The van der Waals surface area contributed by atoms with Crippen LogP contribution in [0.15, 0.2) is 164 Å². The van der Waals surface area contributed by atoms with Gasteiger partial charge in [-0.1, -0.05) is 115 Å². The fourth-order valence-corrected chi connectivity index (χ4v) is 12.7. The zero-order valence-electron chi connectivity index (χ0n) is 29.4. The van der Waals surface area contributed by atoms with Gasteiger partial charge in [0.25, 0.3) is 0 Å². The number of hydrogen-bond acceptors (Lipinski definition) is 3. The molecule has 0 atom stereocenters. The SMILES string of the molecule is c1ccc2c3c4c(cc2c1)-n1c2ccc5ccccc5c2c2cccc(c21)B4N(c1cccc2sc4ccccc4c12)c1ccc2sc4ccccc4c2c1-3. The van der Waals surface area contributed by atoms with Crippen molar-refractivity contribution in [1.29, 1.82) is 0 Å². The third-order valence-electron chi connectivity index (χ3n) is 12.5. The predicted molar refractivity (Wildman–Crippen MR) is 241 cm³/mol. The molecule has 0 spiro atoms. The van der Waals surface area contributed by atoms with E-state index >= 15 is 0 Å². The molecule has 9 aromatic carbocycles. The monoisotopic (exact) mass is 730 g/mol.